The summed E-state index contributed by atoms with van der Waals surface area (Å²) in [5, 5.41) is 2.06. The van der Waals surface area contributed by atoms with Crippen LogP contribution in [0.3, 0.4) is 0 Å². The third-order valence-electron chi connectivity index (χ3n) is 4.39. The van der Waals surface area contributed by atoms with Crippen molar-refractivity contribution in [1.29, 1.82) is 0 Å². The fraction of sp³-hybridized carbons (Fsp3) is 0.238. The Balaban J connectivity index is 2.15. The van der Waals surface area contributed by atoms with Crippen molar-refractivity contribution in [2.24, 2.45) is 0 Å². The first-order chi connectivity index (χ1) is 12.6. The van der Waals surface area contributed by atoms with Gasteiger partial charge in [0, 0.05) is 27.2 Å². The van der Waals surface area contributed by atoms with Crippen LogP contribution in [0.4, 0.5) is 0 Å². The molecule has 0 fully saturated rings. The highest BCUT2D eigenvalue weighted by Crippen LogP contribution is 2.40. The van der Waals surface area contributed by atoms with Crippen LogP contribution in [0.1, 0.15) is 11.1 Å². The van der Waals surface area contributed by atoms with Gasteiger partial charge in [-0.05, 0) is 23.8 Å². The van der Waals surface area contributed by atoms with Gasteiger partial charge in [-0.2, -0.15) is 0 Å². The van der Waals surface area contributed by atoms with E-state index in [1.807, 2.05) is 42.5 Å². The molecule has 0 unspecified atom stereocenters. The molecule has 0 aliphatic rings. The van der Waals surface area contributed by atoms with E-state index in [0.29, 0.717) is 17.9 Å². The Morgan fingerprint density at radius 1 is 0.692 bits per heavy atom. The number of rotatable bonds is 6. The molecule has 0 saturated heterocycles. The summed E-state index contributed by atoms with van der Waals surface area (Å²) in [7, 11) is 6.64. The van der Waals surface area contributed by atoms with Crippen LogP contribution in [0.2, 0.25) is 0 Å². The van der Waals surface area contributed by atoms with Crippen LogP contribution in [-0.4, -0.2) is 28.4 Å². The van der Waals surface area contributed by atoms with Crippen LogP contribution >= 0.6 is 15.9 Å². The zero-order valence-electron chi connectivity index (χ0n) is 15.3. The summed E-state index contributed by atoms with van der Waals surface area (Å²) < 4.78 is 23.1. The number of benzene rings is 3. The van der Waals surface area contributed by atoms with Crippen molar-refractivity contribution < 1.29 is 18.9 Å². The van der Waals surface area contributed by atoms with E-state index in [1.54, 1.807) is 28.4 Å². The summed E-state index contributed by atoms with van der Waals surface area (Å²) >= 11 is 3.63. The summed E-state index contributed by atoms with van der Waals surface area (Å²) in [6, 6.07) is 14.0. The lowest BCUT2D eigenvalue weighted by molar-refractivity contribution is 0.354. The van der Waals surface area contributed by atoms with Crippen LogP contribution in [0.5, 0.6) is 23.0 Å². The Labute approximate surface area is 161 Å². The molecule has 5 heteroatoms. The molecular formula is C21H21BrO4. The first-order valence-corrected chi connectivity index (χ1v) is 8.95. The van der Waals surface area contributed by atoms with Crippen LogP contribution in [-0.2, 0) is 6.42 Å². The molecule has 0 heterocycles. The van der Waals surface area contributed by atoms with Gasteiger partial charge < -0.3 is 18.9 Å². The van der Waals surface area contributed by atoms with Gasteiger partial charge in [0.25, 0.3) is 0 Å². The predicted molar refractivity (Wildman–Crippen MR) is 107 cm³/mol. The van der Waals surface area contributed by atoms with Crippen molar-refractivity contribution in [3.63, 3.8) is 0 Å². The maximum atomic E-state index is 5.74. The summed E-state index contributed by atoms with van der Waals surface area (Å²) in [5.41, 5.74) is 2.11. The lowest BCUT2D eigenvalue weighted by Crippen LogP contribution is -1.99. The summed E-state index contributed by atoms with van der Waals surface area (Å²) in [6.45, 7) is 0. The molecule has 0 amide bonds. The molecule has 0 saturated carbocycles. The largest absolute Gasteiger partial charge is 0.496 e. The van der Waals surface area contributed by atoms with E-state index in [0.717, 1.165) is 37.9 Å². The topological polar surface area (TPSA) is 36.9 Å². The van der Waals surface area contributed by atoms with Crippen molar-refractivity contribution in [2.45, 2.75) is 6.42 Å². The van der Waals surface area contributed by atoms with E-state index in [1.165, 1.54) is 0 Å². The van der Waals surface area contributed by atoms with Gasteiger partial charge in [-0.1, -0.05) is 40.2 Å². The molecule has 4 nitrogen and oxygen atoms in total. The highest BCUT2D eigenvalue weighted by atomic mass is 79.9. The summed E-state index contributed by atoms with van der Waals surface area (Å²) in [5.74, 6) is 3.06. The summed E-state index contributed by atoms with van der Waals surface area (Å²) in [6.07, 6.45) is 0.658. The Morgan fingerprint density at radius 2 is 1.27 bits per heavy atom. The molecule has 3 aromatic carbocycles. The molecule has 3 rings (SSSR count). The highest BCUT2D eigenvalue weighted by Gasteiger charge is 2.16. The molecule has 0 radical (unpaired) electrons. The van der Waals surface area contributed by atoms with Gasteiger partial charge in [-0.15, -0.1) is 0 Å². The predicted octanol–water partition coefficient (Wildman–Crippen LogP) is 5.23. The first-order valence-electron chi connectivity index (χ1n) is 8.15. The van der Waals surface area contributed by atoms with Gasteiger partial charge in [0.05, 0.1) is 28.4 Å². The number of halogens is 1. The van der Waals surface area contributed by atoms with Crippen molar-refractivity contribution in [3.8, 4) is 23.0 Å². The second-order valence-electron chi connectivity index (χ2n) is 5.79. The minimum absolute atomic E-state index is 0.658. The minimum Gasteiger partial charge on any atom is -0.496 e. The molecule has 0 atom stereocenters. The van der Waals surface area contributed by atoms with Crippen LogP contribution in [0.15, 0.2) is 46.9 Å². The maximum absolute atomic E-state index is 5.74. The Kier molecular flexibility index (Phi) is 5.57. The second-order valence-corrected chi connectivity index (χ2v) is 6.65. The van der Waals surface area contributed by atoms with Gasteiger partial charge in [-0.25, -0.2) is 0 Å². The standard InChI is InChI=1S/C21H21BrO4/c1-23-18-11-14(21(26-4)16-8-6-5-7-15(16)18)9-13-10-19(24-2)20(25-3)12-17(13)22/h5-8,10-12H,9H2,1-4H3. The molecule has 136 valence electrons. The molecular weight excluding hydrogens is 396 g/mol. The van der Waals surface area contributed by atoms with Gasteiger partial charge >= 0.3 is 0 Å². The van der Waals surface area contributed by atoms with E-state index in [-0.39, 0.29) is 0 Å². The van der Waals surface area contributed by atoms with Gasteiger partial charge in [-0.3, -0.25) is 0 Å². The quantitative estimate of drug-likeness (QED) is 0.551. The van der Waals surface area contributed by atoms with Crippen molar-refractivity contribution in [1.82, 2.24) is 0 Å². The van der Waals surface area contributed by atoms with Gasteiger partial charge in [0.2, 0.25) is 0 Å². The Morgan fingerprint density at radius 3 is 1.88 bits per heavy atom. The molecule has 0 bridgehead atoms. The second kappa shape index (κ2) is 7.87. The van der Waals surface area contributed by atoms with E-state index in [4.69, 9.17) is 18.9 Å². The zero-order valence-corrected chi connectivity index (χ0v) is 16.8. The fourth-order valence-electron chi connectivity index (χ4n) is 3.15. The first kappa shape index (κ1) is 18.4. The number of fused-ring (bicyclic) bond motifs is 1. The Hall–Kier alpha value is -2.40. The number of hydrogen-bond donors (Lipinski definition) is 0. The average molecular weight is 417 g/mol. The van der Waals surface area contributed by atoms with Crippen LogP contribution in [0, 0.1) is 0 Å². The van der Waals surface area contributed by atoms with Gasteiger partial charge in [0.1, 0.15) is 11.5 Å². The highest BCUT2D eigenvalue weighted by molar-refractivity contribution is 9.10. The summed E-state index contributed by atoms with van der Waals surface area (Å²) in [4.78, 5) is 0. The Bertz CT molecular complexity index is 937. The molecule has 0 aromatic heterocycles. The molecule has 3 aromatic rings. The zero-order chi connectivity index (χ0) is 18.7. The molecule has 26 heavy (non-hydrogen) atoms. The van der Waals surface area contributed by atoms with Crippen LogP contribution < -0.4 is 18.9 Å². The lowest BCUT2D eigenvalue weighted by Gasteiger charge is -2.17. The smallest absolute Gasteiger partial charge is 0.161 e. The van der Waals surface area contributed by atoms with E-state index < -0.39 is 0 Å². The van der Waals surface area contributed by atoms with E-state index in [9.17, 15) is 0 Å². The normalized spacial score (nSPS) is 10.7. The molecule has 0 N–H and O–H groups in total. The number of methoxy groups -OCH3 is 4. The van der Waals surface area contributed by atoms with E-state index >= 15 is 0 Å². The van der Waals surface area contributed by atoms with E-state index in [2.05, 4.69) is 15.9 Å². The monoisotopic (exact) mass is 416 g/mol. The van der Waals surface area contributed by atoms with Crippen LogP contribution in [0.25, 0.3) is 10.8 Å². The molecule has 0 spiro atoms. The maximum Gasteiger partial charge on any atom is 0.161 e. The van der Waals surface area contributed by atoms with Crippen molar-refractivity contribution in [2.75, 3.05) is 28.4 Å². The number of hydrogen-bond acceptors (Lipinski definition) is 4. The fourth-order valence-corrected chi connectivity index (χ4v) is 3.61. The third kappa shape index (κ3) is 3.31. The van der Waals surface area contributed by atoms with Gasteiger partial charge in [0.15, 0.2) is 11.5 Å². The third-order valence-corrected chi connectivity index (χ3v) is 5.13. The minimum atomic E-state index is 0.658. The average Bonchev–Trinajstić information content (AvgIpc) is 2.68. The number of ether oxygens (including phenoxy) is 4. The van der Waals surface area contributed by atoms with Crippen molar-refractivity contribution in [3.05, 3.63) is 58.1 Å². The molecule has 0 aliphatic carbocycles. The molecule has 0 aliphatic heterocycles. The lowest BCUT2D eigenvalue weighted by atomic mass is 9.98. The van der Waals surface area contributed by atoms with Crippen molar-refractivity contribution >= 4 is 26.7 Å². The SMILES string of the molecule is COc1cc(Br)c(Cc2cc(OC)c3ccccc3c2OC)cc1OC.